The Labute approximate surface area is 199 Å². The van der Waals surface area contributed by atoms with E-state index in [0.29, 0.717) is 36.8 Å². The highest BCUT2D eigenvalue weighted by molar-refractivity contribution is 7.88. The Kier molecular flexibility index (Phi) is 6.41. The van der Waals surface area contributed by atoms with Gasteiger partial charge in [0.1, 0.15) is 5.75 Å². The minimum absolute atomic E-state index is 0.0105. The third kappa shape index (κ3) is 4.76. The van der Waals surface area contributed by atoms with Gasteiger partial charge < -0.3 is 9.29 Å². The summed E-state index contributed by atoms with van der Waals surface area (Å²) in [5.74, 6) is -1.05. The van der Waals surface area contributed by atoms with Crippen LogP contribution in [0.2, 0.25) is 0 Å². The van der Waals surface area contributed by atoms with E-state index in [1.165, 1.54) is 12.1 Å². The molecule has 4 nitrogen and oxygen atoms in total. The van der Waals surface area contributed by atoms with Gasteiger partial charge in [0.05, 0.1) is 0 Å². The smallest absolute Gasteiger partial charge is 0.380 e. The minimum Gasteiger partial charge on any atom is -0.380 e. The number of aliphatic hydroxyl groups is 1. The molecule has 0 bridgehead atoms. The molecule has 192 valence electrons. The van der Waals surface area contributed by atoms with Crippen LogP contribution in [0.5, 0.6) is 5.75 Å². The fraction of sp³-hybridized carbons (Fsp3) is 0.500. The van der Waals surface area contributed by atoms with Crippen molar-refractivity contribution in [2.24, 2.45) is 5.92 Å². The first-order valence-electron chi connectivity index (χ1n) is 11.1. The van der Waals surface area contributed by atoms with Crippen LogP contribution in [0.25, 0.3) is 0 Å². The molecule has 2 aromatic rings. The summed E-state index contributed by atoms with van der Waals surface area (Å²) < 4.78 is 107. The van der Waals surface area contributed by atoms with E-state index in [9.17, 15) is 39.9 Å². The first-order chi connectivity index (χ1) is 16.2. The Balaban J connectivity index is 1.79. The van der Waals surface area contributed by atoms with Crippen LogP contribution in [0.4, 0.5) is 26.3 Å². The predicted molar refractivity (Wildman–Crippen MR) is 115 cm³/mol. The first kappa shape index (κ1) is 25.8. The van der Waals surface area contributed by atoms with E-state index >= 15 is 0 Å². The lowest BCUT2D eigenvalue weighted by molar-refractivity contribution is -0.279. The summed E-state index contributed by atoms with van der Waals surface area (Å²) in [5, 5.41) is 10.5. The van der Waals surface area contributed by atoms with Gasteiger partial charge >= 0.3 is 21.8 Å². The molecule has 2 aromatic carbocycles. The molecule has 2 aliphatic rings. The molecule has 0 radical (unpaired) electrons. The zero-order chi connectivity index (χ0) is 25.7. The summed E-state index contributed by atoms with van der Waals surface area (Å²) in [5.41, 5.74) is -7.15. The van der Waals surface area contributed by atoms with E-state index in [1.807, 2.05) is 30.3 Å². The number of halogens is 6. The van der Waals surface area contributed by atoms with E-state index in [2.05, 4.69) is 4.18 Å². The van der Waals surface area contributed by atoms with Crippen molar-refractivity contribution in [3.63, 3.8) is 0 Å². The number of hydrogen-bond donors (Lipinski definition) is 1. The Bertz CT molecular complexity index is 1180. The van der Waals surface area contributed by atoms with Gasteiger partial charge in [0.2, 0.25) is 0 Å². The second-order valence-corrected chi connectivity index (χ2v) is 11.0. The van der Waals surface area contributed by atoms with Crippen molar-refractivity contribution in [3.8, 4) is 5.75 Å². The lowest BCUT2D eigenvalue weighted by Crippen LogP contribution is -2.55. The first-order valence-corrected chi connectivity index (χ1v) is 12.5. The lowest BCUT2D eigenvalue weighted by Gasteiger charge is -2.50. The molecule has 0 heterocycles. The molecule has 4 rings (SSSR count). The Morgan fingerprint density at radius 2 is 1.69 bits per heavy atom. The van der Waals surface area contributed by atoms with Crippen LogP contribution in [0.15, 0.2) is 48.5 Å². The number of rotatable bonds is 4. The summed E-state index contributed by atoms with van der Waals surface area (Å²) >= 11 is 0. The second kappa shape index (κ2) is 8.69. The molecule has 11 heteroatoms. The van der Waals surface area contributed by atoms with E-state index in [-0.39, 0.29) is 6.42 Å². The van der Waals surface area contributed by atoms with Gasteiger partial charge in [0.15, 0.2) is 5.60 Å². The molecule has 0 saturated heterocycles. The number of hydrogen-bond acceptors (Lipinski definition) is 4. The van der Waals surface area contributed by atoms with Gasteiger partial charge in [-0.15, -0.1) is 0 Å². The number of aryl methyl sites for hydroxylation is 1. The second-order valence-electron chi connectivity index (χ2n) is 9.44. The molecule has 0 aromatic heterocycles. The average molecular weight is 523 g/mol. The zero-order valence-corrected chi connectivity index (χ0v) is 19.3. The van der Waals surface area contributed by atoms with Crippen molar-refractivity contribution < 1.29 is 44.0 Å². The summed E-state index contributed by atoms with van der Waals surface area (Å²) in [7, 11) is -5.86. The number of benzene rings is 2. The summed E-state index contributed by atoms with van der Waals surface area (Å²) in [6.45, 7) is 0. The van der Waals surface area contributed by atoms with Gasteiger partial charge in [-0.1, -0.05) is 36.4 Å². The minimum atomic E-state index is -5.86. The molecule has 35 heavy (non-hydrogen) atoms. The van der Waals surface area contributed by atoms with Gasteiger partial charge in [-0.3, -0.25) is 0 Å². The third-order valence-electron chi connectivity index (χ3n) is 7.34. The van der Waals surface area contributed by atoms with Crippen LogP contribution in [0.3, 0.4) is 0 Å². The maximum Gasteiger partial charge on any atom is 0.534 e. The van der Waals surface area contributed by atoms with Crippen LogP contribution in [-0.2, 0) is 28.4 Å². The molecule has 1 saturated carbocycles. The Morgan fingerprint density at radius 3 is 2.31 bits per heavy atom. The van der Waals surface area contributed by atoms with Gasteiger partial charge in [0, 0.05) is 5.41 Å². The summed E-state index contributed by atoms with van der Waals surface area (Å²) in [6.07, 6.45) is -4.27. The van der Waals surface area contributed by atoms with Crippen LogP contribution in [0.1, 0.15) is 48.8 Å². The SMILES string of the molecule is O=S(=O)(Oc1ccc2c(c1)CCC[C@H]1C[C@](O)(C(F)(F)F)CC[C@]21Cc1ccccc1)C(F)(F)F. The Morgan fingerprint density at radius 1 is 1.00 bits per heavy atom. The fourth-order valence-corrected chi connectivity index (χ4v) is 6.10. The lowest BCUT2D eigenvalue weighted by atomic mass is 9.56. The molecular weight excluding hydrogens is 498 g/mol. The fourth-order valence-electron chi connectivity index (χ4n) is 5.64. The third-order valence-corrected chi connectivity index (χ3v) is 8.32. The van der Waals surface area contributed by atoms with Crippen molar-refractivity contribution >= 4 is 10.1 Å². The summed E-state index contributed by atoms with van der Waals surface area (Å²) in [6, 6.07) is 13.0. The van der Waals surface area contributed by atoms with Crippen molar-refractivity contribution in [2.45, 2.75) is 67.6 Å². The average Bonchev–Trinajstić information content (AvgIpc) is 2.89. The molecule has 0 unspecified atom stereocenters. The molecule has 0 spiro atoms. The monoisotopic (exact) mass is 522 g/mol. The van der Waals surface area contributed by atoms with Crippen molar-refractivity contribution in [3.05, 3.63) is 65.2 Å². The van der Waals surface area contributed by atoms with E-state index in [0.717, 1.165) is 11.6 Å². The quantitative estimate of drug-likeness (QED) is 0.312. The molecule has 2 aliphatic carbocycles. The van der Waals surface area contributed by atoms with Crippen LogP contribution in [-0.4, -0.2) is 30.8 Å². The standard InChI is InChI=1S/C24H24F6O4S/c25-23(26,27)22(31)12-11-21(14-16-5-2-1-3-6-16)18(15-22)8-4-7-17-13-19(9-10-20(17)21)34-35(32,33)24(28,29)30/h1-3,5-6,9-10,13,18,31H,4,7-8,11-12,14-15H2/t18-,21+,22-/m0/s1. The van der Waals surface area contributed by atoms with Gasteiger partial charge in [-0.05, 0) is 79.7 Å². The van der Waals surface area contributed by atoms with Crippen LogP contribution in [0, 0.1) is 5.92 Å². The number of fused-ring (bicyclic) bond motifs is 3. The van der Waals surface area contributed by atoms with Crippen molar-refractivity contribution in [2.75, 3.05) is 0 Å². The van der Waals surface area contributed by atoms with Crippen molar-refractivity contribution in [1.82, 2.24) is 0 Å². The van der Waals surface area contributed by atoms with Gasteiger partial charge in [0.25, 0.3) is 0 Å². The van der Waals surface area contributed by atoms with Crippen LogP contribution < -0.4 is 4.18 Å². The maximum absolute atomic E-state index is 13.7. The molecular formula is C24H24F6O4S. The van der Waals surface area contributed by atoms with E-state index < -0.39 is 57.3 Å². The molecule has 0 amide bonds. The highest BCUT2D eigenvalue weighted by Gasteiger charge is 2.61. The Hall–Kier alpha value is -2.27. The molecule has 1 N–H and O–H groups in total. The van der Waals surface area contributed by atoms with E-state index in [1.54, 1.807) is 0 Å². The van der Waals surface area contributed by atoms with Crippen molar-refractivity contribution in [1.29, 1.82) is 0 Å². The van der Waals surface area contributed by atoms with Gasteiger partial charge in [-0.2, -0.15) is 34.8 Å². The summed E-state index contributed by atoms with van der Waals surface area (Å²) in [4.78, 5) is 0. The predicted octanol–water partition coefficient (Wildman–Crippen LogP) is 5.83. The zero-order valence-electron chi connectivity index (χ0n) is 18.5. The number of alkyl halides is 6. The van der Waals surface area contributed by atoms with Gasteiger partial charge in [-0.25, -0.2) is 0 Å². The normalized spacial score (nSPS) is 27.5. The topological polar surface area (TPSA) is 63.6 Å². The maximum atomic E-state index is 13.7. The molecule has 3 atom stereocenters. The largest absolute Gasteiger partial charge is 0.534 e. The highest BCUT2D eigenvalue weighted by Crippen LogP contribution is 2.56. The van der Waals surface area contributed by atoms with Crippen LogP contribution >= 0.6 is 0 Å². The van der Waals surface area contributed by atoms with E-state index in [4.69, 9.17) is 0 Å². The molecule has 0 aliphatic heterocycles. The molecule has 1 fully saturated rings. The highest BCUT2D eigenvalue weighted by atomic mass is 32.2.